The van der Waals surface area contributed by atoms with E-state index in [1.807, 2.05) is 0 Å². The zero-order valence-electron chi connectivity index (χ0n) is 8.37. The quantitative estimate of drug-likeness (QED) is 0.920. The van der Waals surface area contributed by atoms with Crippen LogP contribution in [0.2, 0.25) is 5.15 Å². The summed E-state index contributed by atoms with van der Waals surface area (Å²) in [6.45, 7) is 0. The van der Waals surface area contributed by atoms with Gasteiger partial charge in [0.1, 0.15) is 15.2 Å². The predicted molar refractivity (Wildman–Crippen MR) is 62.4 cm³/mol. The minimum Gasteiger partial charge on any atom is -0.478 e. The number of hydrogen-bond donors (Lipinski definition) is 1. The Kier molecular flexibility index (Phi) is 3.55. The Balaban J connectivity index is 2.33. The number of nitrogens with zero attached hydrogens (tertiary/aromatic N) is 3. The van der Waals surface area contributed by atoms with E-state index in [4.69, 9.17) is 16.7 Å². The monoisotopic (exact) mass is 267 g/mol. The van der Waals surface area contributed by atoms with Crippen molar-refractivity contribution in [1.82, 2.24) is 15.0 Å². The summed E-state index contributed by atoms with van der Waals surface area (Å²) in [5.74, 6) is -1.03. The summed E-state index contributed by atoms with van der Waals surface area (Å²) in [6.07, 6.45) is 4.42. The van der Waals surface area contributed by atoms with Gasteiger partial charge in [0.05, 0.1) is 18.0 Å². The molecule has 2 aromatic rings. The van der Waals surface area contributed by atoms with E-state index in [0.717, 1.165) is 11.8 Å². The smallest absolute Gasteiger partial charge is 0.338 e. The number of pyridine rings is 1. The lowest BCUT2D eigenvalue weighted by molar-refractivity contribution is 0.0692. The van der Waals surface area contributed by atoms with Crippen LogP contribution in [-0.2, 0) is 0 Å². The Morgan fingerprint density at radius 3 is 2.94 bits per heavy atom. The second-order valence-electron chi connectivity index (χ2n) is 2.94. The van der Waals surface area contributed by atoms with Crippen molar-refractivity contribution in [3.8, 4) is 0 Å². The number of hydrogen-bond acceptors (Lipinski definition) is 5. The first kappa shape index (κ1) is 11.8. The van der Waals surface area contributed by atoms with Crippen molar-refractivity contribution in [2.75, 3.05) is 0 Å². The molecule has 0 atom stereocenters. The van der Waals surface area contributed by atoms with Crippen LogP contribution in [0.15, 0.2) is 40.8 Å². The lowest BCUT2D eigenvalue weighted by atomic mass is 10.3. The molecule has 2 heterocycles. The first-order chi connectivity index (χ1) is 8.16. The Labute approximate surface area is 106 Å². The van der Waals surface area contributed by atoms with Gasteiger partial charge in [-0.25, -0.2) is 14.8 Å². The van der Waals surface area contributed by atoms with Gasteiger partial charge in [0.25, 0.3) is 0 Å². The van der Waals surface area contributed by atoms with Crippen LogP contribution in [0.3, 0.4) is 0 Å². The van der Waals surface area contributed by atoms with E-state index in [2.05, 4.69) is 15.0 Å². The zero-order chi connectivity index (χ0) is 12.3. The zero-order valence-corrected chi connectivity index (χ0v) is 9.94. The van der Waals surface area contributed by atoms with Crippen LogP contribution in [0.5, 0.6) is 0 Å². The number of carbonyl (C=O) groups is 1. The highest BCUT2D eigenvalue weighted by molar-refractivity contribution is 7.99. The molecule has 0 fully saturated rings. The van der Waals surface area contributed by atoms with Gasteiger partial charge >= 0.3 is 5.97 Å². The molecule has 0 bridgehead atoms. The average Bonchev–Trinajstić information content (AvgIpc) is 2.29. The van der Waals surface area contributed by atoms with Crippen molar-refractivity contribution in [3.63, 3.8) is 0 Å². The van der Waals surface area contributed by atoms with E-state index in [1.54, 1.807) is 6.07 Å². The fraction of sp³-hybridized carbons (Fsp3) is 0. The molecule has 0 aliphatic heterocycles. The van der Waals surface area contributed by atoms with Gasteiger partial charge < -0.3 is 5.11 Å². The fourth-order valence-corrected chi connectivity index (χ4v) is 2.14. The first-order valence-electron chi connectivity index (χ1n) is 4.50. The molecule has 0 aliphatic rings. The van der Waals surface area contributed by atoms with Crippen molar-refractivity contribution in [3.05, 3.63) is 41.4 Å². The summed E-state index contributed by atoms with van der Waals surface area (Å²) in [5.41, 5.74) is 0.124. The topological polar surface area (TPSA) is 76.0 Å². The van der Waals surface area contributed by atoms with Crippen LogP contribution in [0, 0.1) is 0 Å². The predicted octanol–water partition coefficient (Wildman–Crippen LogP) is 2.37. The number of carboxylic acid groups (broad SMARTS) is 1. The standard InChI is InChI=1S/C10H6ClN3O2S/c11-7-4-12-5-8(14-7)17-9-6(10(15)16)2-1-3-13-9/h1-5H,(H,15,16). The summed E-state index contributed by atoms with van der Waals surface area (Å²) >= 11 is 6.80. The Morgan fingerprint density at radius 1 is 1.41 bits per heavy atom. The second-order valence-corrected chi connectivity index (χ2v) is 4.34. The van der Waals surface area contributed by atoms with E-state index in [1.165, 1.54) is 24.7 Å². The number of halogens is 1. The van der Waals surface area contributed by atoms with Crippen LogP contribution >= 0.6 is 23.4 Å². The summed E-state index contributed by atoms with van der Waals surface area (Å²) in [6, 6.07) is 3.05. The molecule has 17 heavy (non-hydrogen) atoms. The van der Waals surface area contributed by atoms with Gasteiger partial charge in [-0.2, -0.15) is 0 Å². The molecular formula is C10H6ClN3O2S. The van der Waals surface area contributed by atoms with Gasteiger partial charge in [-0.05, 0) is 23.9 Å². The molecule has 0 spiro atoms. The molecule has 0 unspecified atom stereocenters. The Hall–Kier alpha value is -1.66. The molecule has 0 aliphatic carbocycles. The summed E-state index contributed by atoms with van der Waals surface area (Å²) in [5, 5.41) is 10.1. The molecule has 1 N–H and O–H groups in total. The molecule has 7 heteroatoms. The van der Waals surface area contributed by atoms with Crippen LogP contribution in [0.4, 0.5) is 0 Å². The minimum absolute atomic E-state index is 0.124. The number of carboxylic acids is 1. The maximum Gasteiger partial charge on any atom is 0.338 e. The van der Waals surface area contributed by atoms with Crippen molar-refractivity contribution in [2.24, 2.45) is 0 Å². The lowest BCUT2D eigenvalue weighted by Gasteiger charge is -2.03. The van der Waals surface area contributed by atoms with Gasteiger partial charge in [-0.3, -0.25) is 4.98 Å². The van der Waals surface area contributed by atoms with Crippen molar-refractivity contribution < 1.29 is 9.90 Å². The molecule has 0 amide bonds. The minimum atomic E-state index is -1.03. The Bertz CT molecular complexity index is 565. The van der Waals surface area contributed by atoms with Gasteiger partial charge in [-0.15, -0.1) is 0 Å². The second kappa shape index (κ2) is 5.11. The molecule has 86 valence electrons. The summed E-state index contributed by atoms with van der Waals surface area (Å²) in [7, 11) is 0. The van der Waals surface area contributed by atoms with E-state index in [0.29, 0.717) is 10.1 Å². The maximum absolute atomic E-state index is 11.0. The highest BCUT2D eigenvalue weighted by Crippen LogP contribution is 2.27. The highest BCUT2D eigenvalue weighted by atomic mass is 35.5. The van der Waals surface area contributed by atoms with Crippen molar-refractivity contribution >= 4 is 29.3 Å². The number of rotatable bonds is 3. The van der Waals surface area contributed by atoms with E-state index in [9.17, 15) is 4.79 Å². The van der Waals surface area contributed by atoms with Crippen LogP contribution in [0.25, 0.3) is 0 Å². The van der Waals surface area contributed by atoms with E-state index in [-0.39, 0.29) is 10.7 Å². The van der Waals surface area contributed by atoms with Crippen molar-refractivity contribution in [2.45, 2.75) is 10.1 Å². The fourth-order valence-electron chi connectivity index (χ4n) is 1.11. The SMILES string of the molecule is O=C(O)c1cccnc1Sc1cncc(Cl)n1. The normalized spacial score (nSPS) is 10.2. The van der Waals surface area contributed by atoms with E-state index >= 15 is 0 Å². The summed E-state index contributed by atoms with van der Waals surface area (Å²) in [4.78, 5) is 22.8. The number of aromatic nitrogens is 3. The molecule has 0 aromatic carbocycles. The molecule has 2 rings (SSSR count). The lowest BCUT2D eigenvalue weighted by Crippen LogP contribution is -2.00. The van der Waals surface area contributed by atoms with Crippen LogP contribution in [-0.4, -0.2) is 26.0 Å². The molecule has 0 saturated heterocycles. The van der Waals surface area contributed by atoms with Crippen LogP contribution < -0.4 is 0 Å². The van der Waals surface area contributed by atoms with Gasteiger partial charge in [0.15, 0.2) is 0 Å². The highest BCUT2D eigenvalue weighted by Gasteiger charge is 2.12. The van der Waals surface area contributed by atoms with Gasteiger partial charge in [0, 0.05) is 6.20 Å². The summed E-state index contributed by atoms with van der Waals surface area (Å²) < 4.78 is 0. The molecular weight excluding hydrogens is 262 g/mol. The molecule has 2 aromatic heterocycles. The number of aromatic carboxylic acids is 1. The third-order valence-electron chi connectivity index (χ3n) is 1.79. The van der Waals surface area contributed by atoms with Crippen molar-refractivity contribution in [1.29, 1.82) is 0 Å². The molecule has 5 nitrogen and oxygen atoms in total. The van der Waals surface area contributed by atoms with Gasteiger partial charge in [0.2, 0.25) is 0 Å². The maximum atomic E-state index is 11.0. The molecule has 0 radical (unpaired) electrons. The Morgan fingerprint density at radius 2 is 2.24 bits per heavy atom. The average molecular weight is 268 g/mol. The first-order valence-corrected chi connectivity index (χ1v) is 5.70. The largest absolute Gasteiger partial charge is 0.478 e. The molecule has 0 saturated carbocycles. The third-order valence-corrected chi connectivity index (χ3v) is 2.89. The third kappa shape index (κ3) is 2.92. The van der Waals surface area contributed by atoms with Crippen LogP contribution in [0.1, 0.15) is 10.4 Å². The van der Waals surface area contributed by atoms with E-state index < -0.39 is 5.97 Å². The van der Waals surface area contributed by atoms with Gasteiger partial charge in [-0.1, -0.05) is 11.6 Å².